The Kier molecular flexibility index (Phi) is 6.46. The van der Waals surface area contributed by atoms with Crippen LogP contribution in [0.4, 0.5) is 0 Å². The lowest BCUT2D eigenvalue weighted by atomic mass is 9.41. The summed E-state index contributed by atoms with van der Waals surface area (Å²) >= 11 is 0. The highest BCUT2D eigenvalue weighted by atomic mass is 16.5. The van der Waals surface area contributed by atoms with Gasteiger partial charge in [0.2, 0.25) is 5.91 Å². The maximum atomic E-state index is 14.2. The zero-order chi connectivity index (χ0) is 28.6. The van der Waals surface area contributed by atoms with Crippen molar-refractivity contribution in [1.82, 2.24) is 4.90 Å². The van der Waals surface area contributed by atoms with Crippen LogP contribution in [-0.2, 0) is 23.9 Å². The minimum atomic E-state index is -1.20. The SMILES string of the molecule is COC(=O)C[C@H]1[C@]2(C)C3=C(C)[C@H](c4ccoc4)C[C@H]3O[C@@H]2[C@H](O)[C@@H]2[C@]1(C)C(=O)C=C[C@@]2(C)C(=O)N1CCCCC1. The van der Waals surface area contributed by atoms with E-state index in [1.165, 1.54) is 13.2 Å². The third-order valence-electron chi connectivity index (χ3n) is 11.4. The minimum Gasteiger partial charge on any atom is -0.472 e. The number of carbonyl (C=O) groups excluding carboxylic acids is 3. The van der Waals surface area contributed by atoms with Gasteiger partial charge < -0.3 is 23.9 Å². The van der Waals surface area contributed by atoms with E-state index in [1.807, 2.05) is 31.7 Å². The van der Waals surface area contributed by atoms with Crippen molar-refractivity contribution in [2.75, 3.05) is 20.2 Å². The third-order valence-corrected chi connectivity index (χ3v) is 11.4. The molecule has 3 heterocycles. The van der Waals surface area contributed by atoms with E-state index in [9.17, 15) is 19.5 Å². The summed E-state index contributed by atoms with van der Waals surface area (Å²) in [5, 5.41) is 12.3. The number of nitrogens with zero attached hydrogens (tertiary/aromatic N) is 1. The average molecular weight is 552 g/mol. The van der Waals surface area contributed by atoms with E-state index < -0.39 is 46.3 Å². The number of hydrogen-bond donors (Lipinski definition) is 1. The number of furan rings is 1. The topological polar surface area (TPSA) is 106 Å². The smallest absolute Gasteiger partial charge is 0.305 e. The van der Waals surface area contributed by atoms with Crippen LogP contribution < -0.4 is 0 Å². The largest absolute Gasteiger partial charge is 0.472 e. The summed E-state index contributed by atoms with van der Waals surface area (Å²) in [5.74, 6) is -1.87. The van der Waals surface area contributed by atoms with Gasteiger partial charge in [0.05, 0.1) is 49.8 Å². The molecular weight excluding hydrogens is 510 g/mol. The molecule has 0 aromatic carbocycles. The summed E-state index contributed by atoms with van der Waals surface area (Å²) in [7, 11) is 1.36. The van der Waals surface area contributed by atoms with Crippen molar-refractivity contribution in [2.24, 2.45) is 28.1 Å². The number of fused-ring (bicyclic) bond motifs is 4. The van der Waals surface area contributed by atoms with Gasteiger partial charge in [-0.05, 0) is 68.7 Å². The number of aliphatic hydroxyl groups is 1. The van der Waals surface area contributed by atoms with Gasteiger partial charge in [0.1, 0.15) is 0 Å². The van der Waals surface area contributed by atoms with Gasteiger partial charge >= 0.3 is 5.97 Å². The second-order valence-electron chi connectivity index (χ2n) is 13.2. The number of rotatable bonds is 4. The summed E-state index contributed by atoms with van der Waals surface area (Å²) in [6.45, 7) is 9.18. The predicted octanol–water partition coefficient (Wildman–Crippen LogP) is 4.19. The van der Waals surface area contributed by atoms with Crippen LogP contribution in [0, 0.1) is 28.1 Å². The van der Waals surface area contributed by atoms with Crippen LogP contribution in [0.2, 0.25) is 0 Å². The highest BCUT2D eigenvalue weighted by Gasteiger charge is 2.74. The second kappa shape index (κ2) is 9.41. The van der Waals surface area contributed by atoms with Crippen molar-refractivity contribution in [3.63, 3.8) is 0 Å². The third kappa shape index (κ3) is 3.54. The van der Waals surface area contributed by atoms with Gasteiger partial charge in [0.25, 0.3) is 0 Å². The van der Waals surface area contributed by atoms with Crippen LogP contribution in [0.3, 0.4) is 0 Å². The maximum Gasteiger partial charge on any atom is 0.305 e. The first-order valence-corrected chi connectivity index (χ1v) is 14.7. The van der Waals surface area contributed by atoms with Gasteiger partial charge in [-0.15, -0.1) is 0 Å². The first kappa shape index (κ1) is 27.5. The molecule has 3 aliphatic carbocycles. The first-order chi connectivity index (χ1) is 19.0. The molecule has 1 amide bonds. The van der Waals surface area contributed by atoms with Gasteiger partial charge in [-0.2, -0.15) is 0 Å². The number of aliphatic hydroxyl groups excluding tert-OH is 1. The number of likely N-dealkylation sites (tertiary alicyclic amines) is 1. The van der Waals surface area contributed by atoms with Crippen LogP contribution in [0.15, 0.2) is 46.3 Å². The molecule has 40 heavy (non-hydrogen) atoms. The molecule has 2 saturated heterocycles. The lowest BCUT2D eigenvalue weighted by Gasteiger charge is -2.62. The summed E-state index contributed by atoms with van der Waals surface area (Å²) < 4.78 is 17.3. The Hall–Kier alpha value is -2.71. The Balaban J connectivity index is 1.51. The van der Waals surface area contributed by atoms with E-state index in [-0.39, 0.29) is 30.1 Å². The van der Waals surface area contributed by atoms with E-state index in [0.29, 0.717) is 19.5 Å². The quantitative estimate of drug-likeness (QED) is 0.442. The molecule has 8 nitrogen and oxygen atoms in total. The van der Waals surface area contributed by atoms with Crippen LogP contribution in [-0.4, -0.2) is 66.2 Å². The normalized spacial score (nSPS) is 42.5. The molecule has 9 atom stereocenters. The Labute approximate surface area is 235 Å². The van der Waals surface area contributed by atoms with E-state index in [4.69, 9.17) is 13.9 Å². The molecule has 5 aliphatic rings. The van der Waals surface area contributed by atoms with Crippen LogP contribution >= 0.6 is 0 Å². The highest BCUT2D eigenvalue weighted by molar-refractivity contribution is 6.00. The average Bonchev–Trinajstić information content (AvgIpc) is 3.66. The fourth-order valence-corrected chi connectivity index (χ4v) is 9.52. The highest BCUT2D eigenvalue weighted by Crippen LogP contribution is 2.70. The molecule has 216 valence electrons. The van der Waals surface area contributed by atoms with Crippen molar-refractivity contribution in [3.05, 3.63) is 47.5 Å². The summed E-state index contributed by atoms with van der Waals surface area (Å²) in [4.78, 5) is 43.2. The van der Waals surface area contributed by atoms with E-state index in [2.05, 4.69) is 6.92 Å². The molecule has 6 rings (SSSR count). The molecule has 2 aliphatic heterocycles. The number of carbonyl (C=O) groups is 3. The Morgan fingerprint density at radius 3 is 2.52 bits per heavy atom. The van der Waals surface area contributed by atoms with Gasteiger partial charge in [-0.25, -0.2) is 0 Å². The molecule has 1 aromatic heterocycles. The molecule has 1 saturated carbocycles. The monoisotopic (exact) mass is 551 g/mol. The first-order valence-electron chi connectivity index (χ1n) is 14.7. The van der Waals surface area contributed by atoms with Crippen molar-refractivity contribution < 1.29 is 33.4 Å². The summed E-state index contributed by atoms with van der Waals surface area (Å²) in [5.41, 5.74) is 0.104. The molecule has 1 N–H and O–H groups in total. The summed E-state index contributed by atoms with van der Waals surface area (Å²) in [6.07, 6.45) is 8.27. The Morgan fingerprint density at radius 1 is 1.15 bits per heavy atom. The number of piperidine rings is 1. The molecular formula is C32H41NO7. The number of methoxy groups -OCH3 is 1. The van der Waals surface area contributed by atoms with Crippen molar-refractivity contribution in [2.45, 2.75) is 84.0 Å². The second-order valence-corrected chi connectivity index (χ2v) is 13.2. The molecule has 0 spiro atoms. The predicted molar refractivity (Wildman–Crippen MR) is 146 cm³/mol. The lowest BCUT2D eigenvalue weighted by Crippen LogP contribution is -2.70. The Morgan fingerprint density at radius 2 is 1.88 bits per heavy atom. The molecule has 3 fully saturated rings. The zero-order valence-electron chi connectivity index (χ0n) is 24.1. The van der Waals surface area contributed by atoms with Gasteiger partial charge in [-0.1, -0.05) is 25.5 Å². The van der Waals surface area contributed by atoms with Crippen LogP contribution in [0.25, 0.3) is 0 Å². The van der Waals surface area contributed by atoms with Crippen LogP contribution in [0.5, 0.6) is 0 Å². The van der Waals surface area contributed by atoms with Gasteiger partial charge in [-0.3, -0.25) is 14.4 Å². The van der Waals surface area contributed by atoms with Crippen LogP contribution in [0.1, 0.15) is 71.3 Å². The van der Waals surface area contributed by atoms with E-state index >= 15 is 0 Å². The Bertz CT molecular complexity index is 1280. The lowest BCUT2D eigenvalue weighted by molar-refractivity contribution is -0.213. The number of ketones is 1. The molecule has 0 radical (unpaired) electrons. The van der Waals surface area contributed by atoms with Gasteiger partial charge in [0, 0.05) is 35.8 Å². The van der Waals surface area contributed by atoms with Crippen molar-refractivity contribution in [1.29, 1.82) is 0 Å². The maximum absolute atomic E-state index is 14.2. The van der Waals surface area contributed by atoms with E-state index in [0.717, 1.165) is 36.0 Å². The fraction of sp³-hybridized carbons (Fsp3) is 0.656. The molecule has 0 bridgehead atoms. The number of ether oxygens (including phenoxy) is 2. The van der Waals surface area contributed by atoms with Crippen molar-refractivity contribution >= 4 is 17.7 Å². The number of allylic oxidation sites excluding steroid dienone is 2. The number of amides is 1. The number of esters is 1. The number of hydrogen-bond acceptors (Lipinski definition) is 7. The summed E-state index contributed by atoms with van der Waals surface area (Å²) in [6, 6.07) is 1.96. The fourth-order valence-electron chi connectivity index (χ4n) is 9.52. The zero-order valence-corrected chi connectivity index (χ0v) is 24.1. The minimum absolute atomic E-state index is 0.0139. The molecule has 0 unspecified atom stereocenters. The standard InChI is InChI=1S/C32H41NO7/c1-18-20(19-10-14-39-17-19)15-21-25(18)32(4)22(16-24(35)38-5)31(3)23(34)9-11-30(2,27(31)26(36)28(32)40-21)29(37)33-12-7-6-8-13-33/h9-11,14,17,20-22,26-28,36H,6-8,12-13,15-16H2,1-5H3/t20-,21-,22-,26-,27+,28-,30-,31+,32-/m1/s1. The van der Waals surface area contributed by atoms with E-state index in [1.54, 1.807) is 18.6 Å². The van der Waals surface area contributed by atoms with Crippen molar-refractivity contribution in [3.8, 4) is 0 Å². The van der Waals surface area contributed by atoms with Gasteiger partial charge in [0.15, 0.2) is 5.78 Å². The molecule has 8 heteroatoms. The molecule has 1 aromatic rings.